The number of nitrogens with one attached hydrogen (secondary N) is 1. The molecule has 3 fully saturated rings. The molecule has 1 saturated carbocycles. The van der Waals surface area contributed by atoms with Crippen LogP contribution in [-0.2, 0) is 6.18 Å². The fraction of sp³-hybridized carbons (Fsp3) is 0.458. The number of carbonyl (C=O) groups excluding carboxylic acids is 2. The molecule has 6 nitrogen and oxygen atoms in total. The summed E-state index contributed by atoms with van der Waals surface area (Å²) >= 11 is 6.47. The second kappa shape index (κ2) is 9.38. The van der Waals surface area contributed by atoms with Gasteiger partial charge >= 0.3 is 6.18 Å². The van der Waals surface area contributed by atoms with Crippen molar-refractivity contribution in [3.8, 4) is 0 Å². The van der Waals surface area contributed by atoms with Gasteiger partial charge in [0.1, 0.15) is 0 Å². The van der Waals surface area contributed by atoms with E-state index >= 15 is 0 Å². The summed E-state index contributed by atoms with van der Waals surface area (Å²) in [5.41, 5.74) is -0.690. The van der Waals surface area contributed by atoms with Crippen LogP contribution in [0.5, 0.6) is 0 Å². The van der Waals surface area contributed by atoms with E-state index in [9.17, 15) is 22.8 Å². The van der Waals surface area contributed by atoms with Gasteiger partial charge in [0.05, 0.1) is 22.4 Å². The van der Waals surface area contributed by atoms with Gasteiger partial charge in [-0.25, -0.2) is 0 Å². The number of fused-ring (bicyclic) bond motifs is 1. The van der Waals surface area contributed by atoms with E-state index in [1.165, 1.54) is 12.3 Å². The fourth-order valence-corrected chi connectivity index (χ4v) is 5.91. The molecule has 186 valence electrons. The predicted octanol–water partition coefficient (Wildman–Crippen LogP) is 5.43. The van der Waals surface area contributed by atoms with Gasteiger partial charge in [0.2, 0.25) is 0 Å². The quantitative estimate of drug-likeness (QED) is 0.498. The Hall–Kier alpha value is -2.14. The minimum absolute atomic E-state index is 0.00707. The molecule has 3 heterocycles. The van der Waals surface area contributed by atoms with Gasteiger partial charge in [0.15, 0.2) is 0 Å². The smallest absolute Gasteiger partial charge is 0.379 e. The molecular weight excluding hydrogens is 593 g/mol. The summed E-state index contributed by atoms with van der Waals surface area (Å²) in [6, 6.07) is 3.69. The van der Waals surface area contributed by atoms with E-state index in [1.807, 2.05) is 0 Å². The van der Waals surface area contributed by atoms with Crippen molar-refractivity contribution in [2.75, 3.05) is 31.5 Å². The number of amides is 2. The molecule has 1 aromatic heterocycles. The third-order valence-electron chi connectivity index (χ3n) is 6.91. The molecule has 1 aliphatic carbocycles. The van der Waals surface area contributed by atoms with Crippen LogP contribution in [0.25, 0.3) is 0 Å². The highest BCUT2D eigenvalue weighted by Gasteiger charge is 2.47. The summed E-state index contributed by atoms with van der Waals surface area (Å²) in [5, 5.41) is 3.02. The molecule has 0 spiro atoms. The molecule has 2 aliphatic heterocycles. The van der Waals surface area contributed by atoms with Gasteiger partial charge in [-0.1, -0.05) is 15.9 Å². The Labute approximate surface area is 217 Å². The van der Waals surface area contributed by atoms with Gasteiger partial charge in [-0.15, -0.1) is 0 Å². The van der Waals surface area contributed by atoms with Crippen molar-refractivity contribution in [3.63, 3.8) is 0 Å². The maximum atomic E-state index is 14.1. The number of carbonyl (C=O) groups is 2. The minimum atomic E-state index is -4.65. The molecule has 3 atom stereocenters. The Balaban J connectivity index is 1.42. The van der Waals surface area contributed by atoms with E-state index in [4.69, 9.17) is 0 Å². The van der Waals surface area contributed by atoms with Gasteiger partial charge in [0, 0.05) is 53.6 Å². The van der Waals surface area contributed by atoms with Crippen molar-refractivity contribution < 1.29 is 22.8 Å². The van der Waals surface area contributed by atoms with Gasteiger partial charge < -0.3 is 15.1 Å². The molecule has 1 aromatic carbocycles. The van der Waals surface area contributed by atoms with Crippen LogP contribution in [0.4, 0.5) is 18.9 Å². The SMILES string of the molecule is O=C(c1cncc(Br)c1)N1CCC[C@@H](Nc2c(C(=O)N3CC4CC4C3)cc(Br)cc2C(F)(F)F)C1. The first-order chi connectivity index (χ1) is 16.6. The Bertz CT molecular complexity index is 1170. The topological polar surface area (TPSA) is 65.5 Å². The average molecular weight is 616 g/mol. The molecule has 1 N–H and O–H groups in total. The van der Waals surface area contributed by atoms with Crippen molar-refractivity contribution in [3.05, 3.63) is 56.2 Å². The highest BCUT2D eigenvalue weighted by molar-refractivity contribution is 9.10. The van der Waals surface area contributed by atoms with Crippen LogP contribution in [0.15, 0.2) is 39.5 Å². The number of piperidine rings is 2. The highest BCUT2D eigenvalue weighted by Crippen LogP contribution is 2.46. The average Bonchev–Trinajstić information content (AvgIpc) is 3.43. The number of nitrogens with zero attached hydrogens (tertiary/aromatic N) is 3. The molecular formula is C24H23Br2F3N4O2. The van der Waals surface area contributed by atoms with Crippen molar-refractivity contribution in [2.45, 2.75) is 31.5 Å². The van der Waals surface area contributed by atoms with Crippen LogP contribution in [0.3, 0.4) is 0 Å². The second-order valence-corrected chi connectivity index (χ2v) is 11.3. The Morgan fingerprint density at radius 2 is 1.71 bits per heavy atom. The van der Waals surface area contributed by atoms with Crippen LogP contribution in [-0.4, -0.2) is 58.8 Å². The van der Waals surface area contributed by atoms with Crippen molar-refractivity contribution in [1.29, 1.82) is 0 Å². The van der Waals surface area contributed by atoms with Crippen LogP contribution in [0.1, 0.15) is 45.5 Å². The lowest BCUT2D eigenvalue weighted by atomic mass is 10.0. The van der Waals surface area contributed by atoms with E-state index < -0.39 is 23.7 Å². The first kappa shape index (κ1) is 24.5. The molecule has 2 unspecified atom stereocenters. The third kappa shape index (κ3) is 5.21. The lowest BCUT2D eigenvalue weighted by Gasteiger charge is -2.35. The Kier molecular flexibility index (Phi) is 6.58. The zero-order valence-electron chi connectivity index (χ0n) is 18.6. The Morgan fingerprint density at radius 3 is 2.40 bits per heavy atom. The molecule has 11 heteroatoms. The zero-order valence-corrected chi connectivity index (χ0v) is 21.8. The number of anilines is 1. The number of likely N-dealkylation sites (tertiary alicyclic amines) is 2. The highest BCUT2D eigenvalue weighted by atomic mass is 79.9. The molecule has 0 bridgehead atoms. The number of pyridine rings is 1. The number of hydrogen-bond donors (Lipinski definition) is 1. The Morgan fingerprint density at radius 1 is 0.971 bits per heavy atom. The first-order valence-corrected chi connectivity index (χ1v) is 13.0. The molecule has 3 aliphatic rings. The van der Waals surface area contributed by atoms with Crippen LogP contribution >= 0.6 is 31.9 Å². The maximum Gasteiger partial charge on any atom is 0.418 e. The monoisotopic (exact) mass is 614 g/mol. The van der Waals surface area contributed by atoms with E-state index in [2.05, 4.69) is 42.2 Å². The molecule has 2 amide bonds. The summed E-state index contributed by atoms with van der Waals surface area (Å²) in [6.07, 6.45) is 0.682. The van der Waals surface area contributed by atoms with E-state index in [1.54, 1.807) is 22.1 Å². The van der Waals surface area contributed by atoms with E-state index in [-0.39, 0.29) is 28.2 Å². The zero-order chi connectivity index (χ0) is 24.9. The lowest BCUT2D eigenvalue weighted by molar-refractivity contribution is -0.137. The molecule has 0 radical (unpaired) electrons. The number of halogens is 5. The summed E-state index contributed by atoms with van der Waals surface area (Å²) in [5.74, 6) is 0.310. The minimum Gasteiger partial charge on any atom is -0.379 e. The fourth-order valence-electron chi connectivity index (χ4n) is 5.08. The van der Waals surface area contributed by atoms with E-state index in [0.29, 0.717) is 54.3 Å². The molecule has 2 saturated heterocycles. The van der Waals surface area contributed by atoms with Crippen molar-refractivity contribution >= 4 is 49.4 Å². The van der Waals surface area contributed by atoms with E-state index in [0.717, 1.165) is 12.5 Å². The molecule has 5 rings (SSSR count). The normalized spacial score (nSPS) is 23.7. The standard InChI is InChI=1S/C24H23Br2F3N4O2/c25-16-6-19(23(35)33-10-14-4-15(14)11-33)21(20(7-16)24(27,28)29)31-18-2-1-3-32(12-18)22(34)13-5-17(26)9-30-8-13/h5-9,14-15,18,31H,1-4,10-12H2/t14?,15?,18-/m1/s1. The van der Waals surface area contributed by atoms with Crippen LogP contribution in [0, 0.1) is 11.8 Å². The van der Waals surface area contributed by atoms with Gasteiger partial charge in [-0.2, -0.15) is 13.2 Å². The van der Waals surface area contributed by atoms with Gasteiger partial charge in [-0.05, 0) is 65.2 Å². The maximum absolute atomic E-state index is 14.1. The van der Waals surface area contributed by atoms with Crippen molar-refractivity contribution in [1.82, 2.24) is 14.8 Å². The summed E-state index contributed by atoms with van der Waals surface area (Å²) < 4.78 is 43.1. The lowest BCUT2D eigenvalue weighted by Crippen LogP contribution is -2.45. The van der Waals surface area contributed by atoms with Crippen LogP contribution in [0.2, 0.25) is 0 Å². The number of alkyl halides is 3. The summed E-state index contributed by atoms with van der Waals surface area (Å²) in [6.45, 7) is 1.89. The molecule has 35 heavy (non-hydrogen) atoms. The number of aromatic nitrogens is 1. The number of benzene rings is 1. The van der Waals surface area contributed by atoms with Gasteiger partial charge in [-0.3, -0.25) is 14.6 Å². The van der Waals surface area contributed by atoms with Crippen LogP contribution < -0.4 is 5.32 Å². The summed E-state index contributed by atoms with van der Waals surface area (Å²) in [4.78, 5) is 33.6. The van der Waals surface area contributed by atoms with Gasteiger partial charge in [0.25, 0.3) is 11.8 Å². The number of hydrogen-bond acceptors (Lipinski definition) is 4. The summed E-state index contributed by atoms with van der Waals surface area (Å²) in [7, 11) is 0. The predicted molar refractivity (Wildman–Crippen MR) is 131 cm³/mol. The second-order valence-electron chi connectivity index (χ2n) is 9.47. The van der Waals surface area contributed by atoms with Crippen molar-refractivity contribution in [2.24, 2.45) is 11.8 Å². The first-order valence-electron chi connectivity index (χ1n) is 11.5. The largest absolute Gasteiger partial charge is 0.418 e. The third-order valence-corrected chi connectivity index (χ3v) is 7.81. The molecule has 2 aromatic rings. The number of rotatable bonds is 4.